The normalized spacial score (nSPS) is 20.4. The van der Waals surface area contributed by atoms with Gasteiger partial charge in [0, 0.05) is 23.2 Å². The number of rotatable bonds is 0. The maximum atomic E-state index is 11.7. The fourth-order valence-electron chi connectivity index (χ4n) is 2.13. The highest BCUT2D eigenvalue weighted by Crippen LogP contribution is 2.34. The Morgan fingerprint density at radius 2 is 2.07 bits per heavy atom. The van der Waals surface area contributed by atoms with Gasteiger partial charge in [0.15, 0.2) is 0 Å². The molecule has 0 N–H and O–H groups in total. The van der Waals surface area contributed by atoms with Crippen LogP contribution in [0.4, 0.5) is 0 Å². The largest absolute Gasteiger partial charge is 0.312 e. The van der Waals surface area contributed by atoms with E-state index in [4.69, 9.17) is 0 Å². The third kappa shape index (κ3) is 1.98. The summed E-state index contributed by atoms with van der Waals surface area (Å²) in [4.78, 5) is 12.5. The highest BCUT2D eigenvalue weighted by molar-refractivity contribution is 7.80. The first-order chi connectivity index (χ1) is 6.88. The van der Waals surface area contributed by atoms with Gasteiger partial charge in [-0.15, -0.1) is 12.6 Å². The maximum absolute atomic E-state index is 11.7. The molecule has 2 nitrogen and oxygen atoms in total. The monoisotopic (exact) mass is 223 g/mol. The molecule has 0 amide bonds. The van der Waals surface area contributed by atoms with E-state index in [1.165, 1.54) is 0 Å². The second kappa shape index (κ2) is 3.41. The summed E-state index contributed by atoms with van der Waals surface area (Å²) >= 11 is 4.24. The summed E-state index contributed by atoms with van der Waals surface area (Å²) in [6, 6.07) is 3.61. The van der Waals surface area contributed by atoms with Gasteiger partial charge in [-0.05, 0) is 23.8 Å². The predicted molar refractivity (Wildman–Crippen MR) is 64.6 cm³/mol. The second-order valence-electron chi connectivity index (χ2n) is 5.42. The van der Waals surface area contributed by atoms with Crippen molar-refractivity contribution in [3.8, 4) is 0 Å². The van der Waals surface area contributed by atoms with Crippen molar-refractivity contribution in [2.45, 2.75) is 38.6 Å². The topological polar surface area (TPSA) is 22.0 Å². The van der Waals surface area contributed by atoms with Crippen LogP contribution in [-0.2, 0) is 13.0 Å². The molecule has 1 aromatic heterocycles. The van der Waals surface area contributed by atoms with E-state index in [1.54, 1.807) is 6.07 Å². The third-order valence-electron chi connectivity index (χ3n) is 3.28. The molecule has 0 radical (unpaired) electrons. The van der Waals surface area contributed by atoms with Crippen LogP contribution in [-0.4, -0.2) is 4.57 Å². The van der Waals surface area contributed by atoms with Gasteiger partial charge in [-0.3, -0.25) is 4.79 Å². The summed E-state index contributed by atoms with van der Waals surface area (Å²) < 4.78 is 1.88. The fourth-order valence-corrected chi connectivity index (χ4v) is 2.39. The third-order valence-corrected chi connectivity index (χ3v) is 3.54. The molecule has 82 valence electrons. The van der Waals surface area contributed by atoms with Crippen molar-refractivity contribution in [1.29, 1.82) is 0 Å². The SMILES string of the molecule is CC(C)(C)C1Cc2cc(S)cc(=O)n2C1. The molecule has 1 atom stereocenters. The first-order valence-electron chi connectivity index (χ1n) is 5.30. The van der Waals surface area contributed by atoms with Crippen LogP contribution in [0, 0.1) is 11.3 Å². The summed E-state index contributed by atoms with van der Waals surface area (Å²) in [6.45, 7) is 7.55. The molecule has 1 aliphatic heterocycles. The number of aromatic nitrogens is 1. The molecule has 0 saturated carbocycles. The lowest BCUT2D eigenvalue weighted by molar-refractivity contribution is 0.236. The highest BCUT2D eigenvalue weighted by Gasteiger charge is 2.31. The Balaban J connectivity index is 2.40. The number of nitrogens with zero attached hydrogens (tertiary/aromatic N) is 1. The van der Waals surface area contributed by atoms with Crippen molar-refractivity contribution in [2.24, 2.45) is 11.3 Å². The van der Waals surface area contributed by atoms with E-state index in [2.05, 4.69) is 33.4 Å². The number of pyridine rings is 1. The van der Waals surface area contributed by atoms with E-state index >= 15 is 0 Å². The molecule has 0 aliphatic carbocycles. The van der Waals surface area contributed by atoms with Crippen molar-refractivity contribution in [1.82, 2.24) is 4.57 Å². The van der Waals surface area contributed by atoms with Gasteiger partial charge in [0.1, 0.15) is 0 Å². The Hall–Kier alpha value is -0.700. The van der Waals surface area contributed by atoms with Gasteiger partial charge in [-0.1, -0.05) is 20.8 Å². The zero-order valence-electron chi connectivity index (χ0n) is 9.45. The average molecular weight is 223 g/mol. The van der Waals surface area contributed by atoms with Gasteiger partial charge in [0.2, 0.25) is 0 Å². The molecule has 1 unspecified atom stereocenters. The van der Waals surface area contributed by atoms with E-state index in [0.29, 0.717) is 5.92 Å². The summed E-state index contributed by atoms with van der Waals surface area (Å²) in [5.41, 5.74) is 1.48. The minimum atomic E-state index is 0.0873. The molecule has 2 rings (SSSR count). The number of thiol groups is 1. The number of hydrogen-bond acceptors (Lipinski definition) is 2. The van der Waals surface area contributed by atoms with E-state index in [0.717, 1.165) is 23.6 Å². The fraction of sp³-hybridized carbons (Fsp3) is 0.583. The Morgan fingerprint density at radius 1 is 1.40 bits per heavy atom. The maximum Gasteiger partial charge on any atom is 0.251 e. The van der Waals surface area contributed by atoms with Crippen LogP contribution in [0.3, 0.4) is 0 Å². The Bertz CT molecular complexity index is 442. The Labute approximate surface area is 95.7 Å². The summed E-state index contributed by atoms with van der Waals surface area (Å²) in [5.74, 6) is 0.556. The quantitative estimate of drug-likeness (QED) is 0.670. The van der Waals surface area contributed by atoms with E-state index in [-0.39, 0.29) is 11.0 Å². The minimum absolute atomic E-state index is 0.0873. The Kier molecular flexibility index (Phi) is 2.45. The van der Waals surface area contributed by atoms with Crippen LogP contribution in [0.2, 0.25) is 0 Å². The zero-order chi connectivity index (χ0) is 11.2. The standard InChI is InChI=1S/C12H17NOS/c1-12(2,3)8-4-9-5-10(15)6-11(14)13(9)7-8/h5-6,8,15H,4,7H2,1-3H3. The molecular weight excluding hydrogens is 206 g/mol. The molecule has 0 aromatic carbocycles. The molecular formula is C12H17NOS. The van der Waals surface area contributed by atoms with Gasteiger partial charge in [-0.2, -0.15) is 0 Å². The van der Waals surface area contributed by atoms with Crippen LogP contribution in [0.15, 0.2) is 21.8 Å². The van der Waals surface area contributed by atoms with Crippen molar-refractivity contribution in [3.63, 3.8) is 0 Å². The molecule has 0 saturated heterocycles. The lowest BCUT2D eigenvalue weighted by Crippen LogP contribution is -2.24. The molecule has 2 heterocycles. The van der Waals surface area contributed by atoms with Crippen LogP contribution in [0.5, 0.6) is 0 Å². The van der Waals surface area contributed by atoms with Crippen molar-refractivity contribution in [3.05, 3.63) is 28.2 Å². The van der Waals surface area contributed by atoms with Crippen LogP contribution >= 0.6 is 12.6 Å². The van der Waals surface area contributed by atoms with E-state index < -0.39 is 0 Å². The summed E-state index contributed by atoms with van der Waals surface area (Å²) in [5, 5.41) is 0. The van der Waals surface area contributed by atoms with Gasteiger partial charge in [0.25, 0.3) is 5.56 Å². The van der Waals surface area contributed by atoms with Crippen molar-refractivity contribution in [2.75, 3.05) is 0 Å². The number of hydrogen-bond donors (Lipinski definition) is 1. The molecule has 15 heavy (non-hydrogen) atoms. The predicted octanol–water partition coefficient (Wildman–Crippen LogP) is 2.36. The molecule has 3 heteroatoms. The van der Waals surface area contributed by atoms with Gasteiger partial charge in [0.05, 0.1) is 0 Å². The first kappa shape index (κ1) is 10.8. The van der Waals surface area contributed by atoms with Crippen LogP contribution in [0.25, 0.3) is 0 Å². The highest BCUT2D eigenvalue weighted by atomic mass is 32.1. The van der Waals surface area contributed by atoms with Crippen molar-refractivity contribution < 1.29 is 0 Å². The zero-order valence-corrected chi connectivity index (χ0v) is 10.3. The van der Waals surface area contributed by atoms with E-state index in [9.17, 15) is 4.79 Å². The van der Waals surface area contributed by atoms with E-state index in [1.807, 2.05) is 10.6 Å². The molecule has 1 aromatic rings. The van der Waals surface area contributed by atoms with Crippen LogP contribution < -0.4 is 5.56 Å². The smallest absolute Gasteiger partial charge is 0.251 e. The molecule has 0 spiro atoms. The lowest BCUT2D eigenvalue weighted by Gasteiger charge is -2.25. The second-order valence-corrected chi connectivity index (χ2v) is 5.94. The average Bonchev–Trinajstić information content (AvgIpc) is 2.46. The van der Waals surface area contributed by atoms with Gasteiger partial charge >= 0.3 is 0 Å². The number of fused-ring (bicyclic) bond motifs is 1. The van der Waals surface area contributed by atoms with Gasteiger partial charge < -0.3 is 4.57 Å². The lowest BCUT2D eigenvalue weighted by atomic mass is 9.80. The molecule has 0 fully saturated rings. The summed E-state index contributed by atoms with van der Waals surface area (Å²) in [7, 11) is 0. The van der Waals surface area contributed by atoms with Crippen molar-refractivity contribution >= 4 is 12.6 Å². The molecule has 0 bridgehead atoms. The minimum Gasteiger partial charge on any atom is -0.312 e. The summed E-state index contributed by atoms with van der Waals surface area (Å²) in [6.07, 6.45) is 0.993. The first-order valence-corrected chi connectivity index (χ1v) is 5.75. The van der Waals surface area contributed by atoms with Gasteiger partial charge in [-0.25, -0.2) is 0 Å². The molecule has 1 aliphatic rings. The van der Waals surface area contributed by atoms with Crippen LogP contribution in [0.1, 0.15) is 26.5 Å². The Morgan fingerprint density at radius 3 is 2.67 bits per heavy atom.